The predicted molar refractivity (Wildman–Crippen MR) is 111 cm³/mol. The zero-order valence-corrected chi connectivity index (χ0v) is 16.9. The van der Waals surface area contributed by atoms with Crippen molar-refractivity contribution in [2.45, 2.75) is 51.6 Å². The van der Waals surface area contributed by atoms with Crippen molar-refractivity contribution in [3.05, 3.63) is 65.1 Å². The van der Waals surface area contributed by atoms with Gasteiger partial charge in [-0.25, -0.2) is 13.8 Å². The minimum atomic E-state index is -2.56. The van der Waals surface area contributed by atoms with Gasteiger partial charge < -0.3 is 14.8 Å². The number of aryl methyl sites for hydroxylation is 1. The molecular weight excluding hydrogens is 388 g/mol. The number of aliphatic hydroxyl groups excluding tert-OH is 1. The summed E-state index contributed by atoms with van der Waals surface area (Å²) in [7, 11) is 0. The maximum absolute atomic E-state index is 13.5. The van der Waals surface area contributed by atoms with E-state index in [0.717, 1.165) is 11.4 Å². The lowest BCUT2D eigenvalue weighted by molar-refractivity contribution is -0.0457. The van der Waals surface area contributed by atoms with E-state index in [4.69, 9.17) is 0 Å². The number of alkyl halides is 2. The SMILES string of the molecule is Cc1cc(C(=O)Nc2ccccc2)cc2nc(CO)c(CC3CCC(F)(F)CC3)n12. The van der Waals surface area contributed by atoms with Crippen molar-refractivity contribution in [3.8, 4) is 0 Å². The van der Waals surface area contributed by atoms with E-state index in [1.807, 2.05) is 41.7 Å². The third kappa shape index (κ3) is 4.21. The molecule has 5 nitrogen and oxygen atoms in total. The van der Waals surface area contributed by atoms with Gasteiger partial charge in [0, 0.05) is 35.5 Å². The number of hydrogen-bond donors (Lipinski definition) is 2. The molecule has 0 aliphatic heterocycles. The number of halogens is 2. The quantitative estimate of drug-likeness (QED) is 0.634. The van der Waals surface area contributed by atoms with Crippen LogP contribution in [0.4, 0.5) is 14.5 Å². The molecule has 7 heteroatoms. The van der Waals surface area contributed by atoms with E-state index in [1.165, 1.54) is 0 Å². The molecule has 0 radical (unpaired) electrons. The van der Waals surface area contributed by atoms with Gasteiger partial charge in [-0.1, -0.05) is 18.2 Å². The number of aliphatic hydroxyl groups is 1. The summed E-state index contributed by atoms with van der Waals surface area (Å²) in [4.78, 5) is 17.2. The van der Waals surface area contributed by atoms with Crippen LogP contribution in [0.15, 0.2) is 42.5 Å². The summed E-state index contributed by atoms with van der Waals surface area (Å²) in [5.74, 6) is -2.67. The van der Waals surface area contributed by atoms with Crippen LogP contribution < -0.4 is 5.32 Å². The number of nitrogens with zero attached hydrogens (tertiary/aromatic N) is 2. The molecule has 4 rings (SSSR count). The number of pyridine rings is 1. The maximum Gasteiger partial charge on any atom is 0.255 e. The molecule has 0 atom stereocenters. The molecule has 2 N–H and O–H groups in total. The first-order valence-electron chi connectivity index (χ1n) is 10.2. The van der Waals surface area contributed by atoms with Crippen molar-refractivity contribution in [1.29, 1.82) is 0 Å². The summed E-state index contributed by atoms with van der Waals surface area (Å²) < 4.78 is 28.9. The summed E-state index contributed by atoms with van der Waals surface area (Å²) in [6.07, 6.45) is 1.32. The van der Waals surface area contributed by atoms with Crippen LogP contribution in [-0.2, 0) is 13.0 Å². The van der Waals surface area contributed by atoms with Gasteiger partial charge in [0.25, 0.3) is 5.91 Å². The Morgan fingerprint density at radius 3 is 2.60 bits per heavy atom. The van der Waals surface area contributed by atoms with E-state index >= 15 is 0 Å². The van der Waals surface area contributed by atoms with Gasteiger partial charge in [-0.15, -0.1) is 0 Å². The maximum atomic E-state index is 13.5. The molecule has 2 heterocycles. The van der Waals surface area contributed by atoms with Crippen LogP contribution in [0, 0.1) is 12.8 Å². The van der Waals surface area contributed by atoms with Crippen molar-refractivity contribution in [3.63, 3.8) is 0 Å². The largest absolute Gasteiger partial charge is 0.390 e. The average Bonchev–Trinajstić information content (AvgIpc) is 3.08. The minimum absolute atomic E-state index is 0.0916. The van der Waals surface area contributed by atoms with Crippen molar-refractivity contribution >= 4 is 17.2 Å². The highest BCUT2D eigenvalue weighted by atomic mass is 19.3. The number of carbonyl (C=O) groups excluding carboxylic acids is 1. The molecule has 0 saturated heterocycles. The van der Waals surface area contributed by atoms with Crippen LogP contribution >= 0.6 is 0 Å². The Bertz CT molecular complexity index is 1050. The fraction of sp³-hybridized carbons (Fsp3) is 0.391. The Balaban J connectivity index is 1.62. The monoisotopic (exact) mass is 413 g/mol. The lowest BCUT2D eigenvalue weighted by Gasteiger charge is -2.28. The second kappa shape index (κ2) is 8.14. The number of amides is 1. The average molecular weight is 413 g/mol. The molecule has 0 unspecified atom stereocenters. The molecule has 30 heavy (non-hydrogen) atoms. The van der Waals surface area contributed by atoms with Gasteiger partial charge in [0.15, 0.2) is 0 Å². The predicted octanol–water partition coefficient (Wildman–Crippen LogP) is 4.76. The molecule has 3 aromatic rings. The fourth-order valence-electron chi connectivity index (χ4n) is 4.25. The number of aromatic nitrogens is 2. The highest BCUT2D eigenvalue weighted by Gasteiger charge is 2.35. The smallest absolute Gasteiger partial charge is 0.255 e. The number of nitrogens with one attached hydrogen (secondary N) is 1. The van der Waals surface area contributed by atoms with Gasteiger partial charge in [-0.05, 0) is 56.4 Å². The summed E-state index contributed by atoms with van der Waals surface area (Å²) >= 11 is 0. The second-order valence-corrected chi connectivity index (χ2v) is 8.07. The number of carbonyl (C=O) groups is 1. The molecule has 158 valence electrons. The number of rotatable bonds is 5. The Hall–Kier alpha value is -2.80. The van der Waals surface area contributed by atoms with E-state index in [-0.39, 0.29) is 31.3 Å². The highest BCUT2D eigenvalue weighted by molar-refractivity contribution is 6.04. The van der Waals surface area contributed by atoms with Crippen LogP contribution in [0.25, 0.3) is 5.65 Å². The van der Waals surface area contributed by atoms with Crippen molar-refractivity contribution in [2.24, 2.45) is 5.92 Å². The topological polar surface area (TPSA) is 66.6 Å². The highest BCUT2D eigenvalue weighted by Crippen LogP contribution is 2.38. The summed E-state index contributed by atoms with van der Waals surface area (Å²) in [5, 5.41) is 12.7. The Kier molecular flexibility index (Phi) is 5.56. The second-order valence-electron chi connectivity index (χ2n) is 8.07. The van der Waals surface area contributed by atoms with Crippen molar-refractivity contribution in [2.75, 3.05) is 5.32 Å². The first-order valence-corrected chi connectivity index (χ1v) is 10.2. The molecule has 1 fully saturated rings. The fourth-order valence-corrected chi connectivity index (χ4v) is 4.25. The molecule has 1 aromatic carbocycles. The Labute approximate surface area is 173 Å². The van der Waals surface area contributed by atoms with E-state index in [0.29, 0.717) is 41.9 Å². The molecule has 0 bridgehead atoms. The zero-order valence-electron chi connectivity index (χ0n) is 16.9. The molecule has 1 amide bonds. The minimum Gasteiger partial charge on any atom is -0.390 e. The number of hydrogen-bond acceptors (Lipinski definition) is 3. The van der Waals surface area contributed by atoms with Crippen LogP contribution in [0.5, 0.6) is 0 Å². The number of imidazole rings is 1. The number of fused-ring (bicyclic) bond motifs is 1. The third-order valence-corrected chi connectivity index (χ3v) is 5.85. The number of para-hydroxylation sites is 1. The van der Waals surface area contributed by atoms with Gasteiger partial charge >= 0.3 is 0 Å². The van der Waals surface area contributed by atoms with E-state index in [2.05, 4.69) is 10.3 Å². The molecule has 2 aromatic heterocycles. The summed E-state index contributed by atoms with van der Waals surface area (Å²) in [5.41, 5.74) is 3.95. The van der Waals surface area contributed by atoms with E-state index in [9.17, 15) is 18.7 Å². The molecule has 1 saturated carbocycles. The molecule has 1 aliphatic carbocycles. The summed E-state index contributed by atoms with van der Waals surface area (Å²) in [6.45, 7) is 1.65. The van der Waals surface area contributed by atoms with Gasteiger partial charge in [0.05, 0.1) is 12.3 Å². The molecule has 1 aliphatic rings. The van der Waals surface area contributed by atoms with Crippen LogP contribution in [0.1, 0.15) is 53.1 Å². The van der Waals surface area contributed by atoms with Crippen LogP contribution in [0.3, 0.4) is 0 Å². The van der Waals surface area contributed by atoms with Gasteiger partial charge in [0.1, 0.15) is 5.65 Å². The van der Waals surface area contributed by atoms with Gasteiger partial charge in [-0.3, -0.25) is 4.79 Å². The Morgan fingerprint density at radius 1 is 1.23 bits per heavy atom. The summed E-state index contributed by atoms with van der Waals surface area (Å²) in [6, 6.07) is 12.7. The third-order valence-electron chi connectivity index (χ3n) is 5.85. The standard InChI is InChI=1S/C23H25F2N3O2/c1-15-11-17(22(30)26-18-5-3-2-4-6-18)13-21-27-19(14-29)20(28(15)21)12-16-7-9-23(24,25)10-8-16/h2-6,11,13,16,29H,7-10,12,14H2,1H3,(H,26,30). The van der Waals surface area contributed by atoms with Crippen molar-refractivity contribution < 1.29 is 18.7 Å². The Morgan fingerprint density at radius 2 is 1.93 bits per heavy atom. The van der Waals surface area contributed by atoms with E-state index < -0.39 is 5.92 Å². The zero-order chi connectivity index (χ0) is 21.3. The molecular formula is C23H25F2N3O2. The number of anilines is 1. The van der Waals surface area contributed by atoms with Crippen molar-refractivity contribution in [1.82, 2.24) is 9.38 Å². The van der Waals surface area contributed by atoms with E-state index in [1.54, 1.807) is 12.1 Å². The van der Waals surface area contributed by atoms with Gasteiger partial charge in [0.2, 0.25) is 5.92 Å². The normalized spacial score (nSPS) is 16.7. The van der Waals surface area contributed by atoms with Crippen LogP contribution in [0.2, 0.25) is 0 Å². The van der Waals surface area contributed by atoms with Crippen LogP contribution in [-0.4, -0.2) is 26.3 Å². The first-order chi connectivity index (χ1) is 14.4. The molecule has 0 spiro atoms. The first kappa shape index (κ1) is 20.5. The lowest BCUT2D eigenvalue weighted by atomic mass is 9.84. The lowest BCUT2D eigenvalue weighted by Crippen LogP contribution is -2.26. The number of benzene rings is 1. The van der Waals surface area contributed by atoms with Gasteiger partial charge in [-0.2, -0.15) is 0 Å².